The fraction of sp³-hybridized carbons (Fsp3) is 0.278. The van der Waals surface area contributed by atoms with E-state index in [1.807, 2.05) is 18.2 Å². The minimum Gasteiger partial charge on any atom is -0.496 e. The van der Waals surface area contributed by atoms with E-state index in [1.165, 1.54) is 30.0 Å². The van der Waals surface area contributed by atoms with Crippen molar-refractivity contribution < 1.29 is 23.8 Å². The summed E-state index contributed by atoms with van der Waals surface area (Å²) in [4.78, 5) is 11.1. The van der Waals surface area contributed by atoms with Crippen molar-refractivity contribution in [3.8, 4) is 11.5 Å². The molecule has 2 atom stereocenters. The Labute approximate surface area is 159 Å². The zero-order chi connectivity index (χ0) is 18.7. The zero-order valence-electron chi connectivity index (χ0n) is 13.9. The van der Waals surface area contributed by atoms with Gasteiger partial charge in [-0.15, -0.1) is 11.8 Å². The third-order valence-corrected chi connectivity index (χ3v) is 5.53. The van der Waals surface area contributed by atoms with Crippen LogP contribution in [0.2, 0.25) is 5.02 Å². The number of halogens is 2. The van der Waals surface area contributed by atoms with Crippen LogP contribution in [-0.2, 0) is 11.4 Å². The monoisotopic (exact) mass is 397 g/mol. The smallest absolute Gasteiger partial charge is 0.321 e. The van der Waals surface area contributed by atoms with Crippen molar-refractivity contribution in [1.29, 1.82) is 0 Å². The van der Waals surface area contributed by atoms with Crippen LogP contribution in [0.1, 0.15) is 16.5 Å². The van der Waals surface area contributed by atoms with E-state index < -0.39 is 17.8 Å². The summed E-state index contributed by atoms with van der Waals surface area (Å²) < 4.78 is 24.3. The van der Waals surface area contributed by atoms with E-state index in [2.05, 4.69) is 5.32 Å². The largest absolute Gasteiger partial charge is 0.496 e. The highest BCUT2D eigenvalue weighted by Crippen LogP contribution is 2.35. The molecular weight excluding hydrogens is 381 g/mol. The van der Waals surface area contributed by atoms with Crippen molar-refractivity contribution in [2.24, 2.45) is 0 Å². The van der Waals surface area contributed by atoms with Gasteiger partial charge in [-0.2, -0.15) is 0 Å². The van der Waals surface area contributed by atoms with Gasteiger partial charge in [0, 0.05) is 17.4 Å². The number of methoxy groups -OCH3 is 1. The van der Waals surface area contributed by atoms with Crippen molar-refractivity contribution in [3.63, 3.8) is 0 Å². The van der Waals surface area contributed by atoms with Gasteiger partial charge in [0.25, 0.3) is 0 Å². The molecule has 26 heavy (non-hydrogen) atoms. The van der Waals surface area contributed by atoms with Gasteiger partial charge in [0.15, 0.2) is 0 Å². The van der Waals surface area contributed by atoms with Crippen LogP contribution in [0.25, 0.3) is 0 Å². The van der Waals surface area contributed by atoms with Gasteiger partial charge in [-0.3, -0.25) is 10.1 Å². The molecule has 5 nitrogen and oxygen atoms in total. The zero-order valence-corrected chi connectivity index (χ0v) is 15.4. The van der Waals surface area contributed by atoms with Crippen LogP contribution in [0.15, 0.2) is 36.4 Å². The first-order chi connectivity index (χ1) is 12.5. The van der Waals surface area contributed by atoms with Crippen LogP contribution in [-0.4, -0.2) is 30.0 Å². The van der Waals surface area contributed by atoms with Gasteiger partial charge in [0.05, 0.1) is 17.5 Å². The molecule has 1 saturated heterocycles. The highest BCUT2D eigenvalue weighted by Gasteiger charge is 2.30. The number of aliphatic carboxylic acids is 1. The first-order valence-corrected chi connectivity index (χ1v) is 9.25. The molecule has 0 aliphatic carbocycles. The second-order valence-corrected chi connectivity index (χ2v) is 7.25. The van der Waals surface area contributed by atoms with Crippen molar-refractivity contribution in [3.05, 3.63) is 58.4 Å². The quantitative estimate of drug-likeness (QED) is 0.771. The first-order valence-electron chi connectivity index (χ1n) is 7.83. The summed E-state index contributed by atoms with van der Waals surface area (Å²) in [5.74, 6) is 0.246. The topological polar surface area (TPSA) is 67.8 Å². The Kier molecular flexibility index (Phi) is 5.90. The van der Waals surface area contributed by atoms with Crippen molar-refractivity contribution >= 4 is 29.3 Å². The molecule has 0 unspecified atom stereocenters. The minimum absolute atomic E-state index is 0.00511. The number of hydrogen-bond acceptors (Lipinski definition) is 5. The predicted molar refractivity (Wildman–Crippen MR) is 98.5 cm³/mol. The standard InChI is InChI=1S/C18H17ClFNO4S/c1-24-16-5-2-10(17-21-15(9-26-17)18(22)23)6-11(16)8-25-12-3-4-14(20)13(19)7-12/h2-7,15,17,21H,8-9H2,1H3,(H,22,23)/t15-,17-/m1/s1. The van der Waals surface area contributed by atoms with Crippen molar-refractivity contribution in [1.82, 2.24) is 5.32 Å². The van der Waals surface area contributed by atoms with E-state index in [-0.39, 0.29) is 17.0 Å². The molecule has 0 bridgehead atoms. The maximum atomic E-state index is 13.2. The van der Waals surface area contributed by atoms with Gasteiger partial charge >= 0.3 is 5.97 Å². The molecule has 1 aliphatic rings. The first kappa shape index (κ1) is 18.8. The molecule has 138 valence electrons. The van der Waals surface area contributed by atoms with Gasteiger partial charge < -0.3 is 14.6 Å². The lowest BCUT2D eigenvalue weighted by atomic mass is 10.1. The molecule has 0 radical (unpaired) electrons. The molecule has 2 aromatic carbocycles. The number of carboxylic acids is 1. The third kappa shape index (κ3) is 4.23. The number of nitrogens with one attached hydrogen (secondary N) is 1. The Morgan fingerprint density at radius 3 is 2.85 bits per heavy atom. The molecule has 0 spiro atoms. The molecule has 0 aromatic heterocycles. The Balaban J connectivity index is 1.75. The molecule has 3 rings (SSSR count). The lowest BCUT2D eigenvalue weighted by Gasteiger charge is -2.16. The van der Waals surface area contributed by atoms with Crippen LogP contribution < -0.4 is 14.8 Å². The van der Waals surface area contributed by atoms with E-state index in [0.29, 0.717) is 17.3 Å². The fourth-order valence-corrected chi connectivity index (χ4v) is 4.00. The number of thioether (sulfide) groups is 1. The van der Waals surface area contributed by atoms with Gasteiger partial charge in [-0.05, 0) is 29.8 Å². The second-order valence-electron chi connectivity index (χ2n) is 5.71. The van der Waals surface area contributed by atoms with E-state index in [0.717, 1.165) is 11.1 Å². The van der Waals surface area contributed by atoms with Crippen molar-refractivity contribution in [2.75, 3.05) is 12.9 Å². The maximum absolute atomic E-state index is 13.2. The summed E-state index contributed by atoms with van der Waals surface area (Å²) in [6.07, 6.45) is 0. The van der Waals surface area contributed by atoms with E-state index in [1.54, 1.807) is 7.11 Å². The van der Waals surface area contributed by atoms with Gasteiger partial charge in [0.2, 0.25) is 0 Å². The Hall–Kier alpha value is -1.96. The number of ether oxygens (including phenoxy) is 2. The number of hydrogen-bond donors (Lipinski definition) is 2. The predicted octanol–water partition coefficient (Wildman–Crippen LogP) is 3.85. The average Bonchev–Trinajstić information content (AvgIpc) is 3.13. The maximum Gasteiger partial charge on any atom is 0.321 e. The minimum atomic E-state index is -0.856. The van der Waals surface area contributed by atoms with E-state index in [4.69, 9.17) is 26.2 Å². The molecule has 0 amide bonds. The Bertz CT molecular complexity index is 820. The lowest BCUT2D eigenvalue weighted by molar-refractivity contribution is -0.138. The molecule has 8 heteroatoms. The summed E-state index contributed by atoms with van der Waals surface area (Å²) >= 11 is 7.31. The second kappa shape index (κ2) is 8.16. The molecule has 1 aliphatic heterocycles. The Morgan fingerprint density at radius 1 is 1.38 bits per heavy atom. The highest BCUT2D eigenvalue weighted by atomic mass is 35.5. The van der Waals surface area contributed by atoms with Crippen LogP contribution in [0, 0.1) is 5.82 Å². The number of rotatable bonds is 6. The van der Waals surface area contributed by atoms with E-state index >= 15 is 0 Å². The van der Waals surface area contributed by atoms with Crippen LogP contribution in [0.5, 0.6) is 11.5 Å². The highest BCUT2D eigenvalue weighted by molar-refractivity contribution is 7.99. The normalized spacial score (nSPS) is 19.3. The molecule has 2 N–H and O–H groups in total. The van der Waals surface area contributed by atoms with Gasteiger partial charge in [-0.25, -0.2) is 4.39 Å². The van der Waals surface area contributed by atoms with Gasteiger partial charge in [0.1, 0.15) is 30.0 Å². The number of benzene rings is 2. The summed E-state index contributed by atoms with van der Waals surface area (Å²) in [5.41, 5.74) is 1.74. The molecule has 1 heterocycles. The molecule has 1 fully saturated rings. The molecular formula is C18H17ClFNO4S. The molecule has 0 saturated carbocycles. The summed E-state index contributed by atoms with van der Waals surface area (Å²) in [6, 6.07) is 9.24. The summed E-state index contributed by atoms with van der Waals surface area (Å²) in [5, 5.41) is 12.1. The average molecular weight is 398 g/mol. The van der Waals surface area contributed by atoms with Gasteiger partial charge in [-0.1, -0.05) is 17.7 Å². The number of carboxylic acid groups (broad SMARTS) is 1. The van der Waals surface area contributed by atoms with Crippen LogP contribution in [0.4, 0.5) is 4.39 Å². The summed E-state index contributed by atoms with van der Waals surface area (Å²) in [6.45, 7) is 0.207. The fourth-order valence-electron chi connectivity index (χ4n) is 2.61. The van der Waals surface area contributed by atoms with Crippen molar-refractivity contribution in [2.45, 2.75) is 18.0 Å². The molecule has 2 aromatic rings. The summed E-state index contributed by atoms with van der Waals surface area (Å²) in [7, 11) is 1.57. The van der Waals surface area contributed by atoms with E-state index in [9.17, 15) is 9.18 Å². The van der Waals surface area contributed by atoms with Crippen LogP contribution in [0.3, 0.4) is 0 Å². The lowest BCUT2D eigenvalue weighted by Crippen LogP contribution is -2.33. The number of carbonyl (C=O) groups is 1. The van der Waals surface area contributed by atoms with Crippen LogP contribution >= 0.6 is 23.4 Å². The SMILES string of the molecule is COc1ccc([C@@H]2N[C@@H](C(=O)O)CS2)cc1COc1ccc(F)c(Cl)c1. The third-order valence-electron chi connectivity index (χ3n) is 3.97. The Morgan fingerprint density at radius 2 is 2.19 bits per heavy atom.